The van der Waals surface area contributed by atoms with Crippen molar-refractivity contribution in [3.63, 3.8) is 0 Å². The first kappa shape index (κ1) is 9.81. The van der Waals surface area contributed by atoms with Gasteiger partial charge in [0.25, 0.3) is 5.69 Å². The summed E-state index contributed by atoms with van der Waals surface area (Å²) in [5.74, 6) is -0.813. The number of benzene rings is 1. The summed E-state index contributed by atoms with van der Waals surface area (Å²) < 4.78 is 13.8. The number of carbonyl (C=O) groups excluding carboxylic acids is 1. The molecule has 2 N–H and O–H groups in total. The van der Waals surface area contributed by atoms with Crippen molar-refractivity contribution in [2.45, 2.75) is 0 Å². The van der Waals surface area contributed by atoms with Crippen LogP contribution < -0.4 is 5.72 Å². The van der Waals surface area contributed by atoms with E-state index in [-0.39, 0.29) is 17.0 Å². The van der Waals surface area contributed by atoms with E-state index in [0.717, 1.165) is 12.1 Å². The minimum Gasteiger partial charge on any atom is -0.388 e. The highest BCUT2D eigenvalue weighted by Crippen LogP contribution is 2.16. The fraction of sp³-hybridized carbons (Fsp3) is 0. The van der Waals surface area contributed by atoms with E-state index in [0.29, 0.717) is 0 Å². The third kappa shape index (κ3) is 2.80. The van der Waals surface area contributed by atoms with E-state index >= 15 is 0 Å². The minimum atomic E-state index is -0.813. The van der Waals surface area contributed by atoms with Gasteiger partial charge >= 0.3 is 0 Å². The topological polar surface area (TPSA) is 110 Å². The van der Waals surface area contributed by atoms with Gasteiger partial charge in [0, 0.05) is 17.7 Å². The second kappa shape index (κ2) is 5.09. The summed E-state index contributed by atoms with van der Waals surface area (Å²) in [6.07, 6.45) is 0. The molecule has 0 saturated carbocycles. The van der Waals surface area contributed by atoms with Gasteiger partial charge in [-0.3, -0.25) is 14.9 Å². The number of rotatable bonds is 4. The van der Waals surface area contributed by atoms with Crippen LogP contribution in [0.15, 0.2) is 35.0 Å². The van der Waals surface area contributed by atoms with Crippen molar-refractivity contribution in [2.75, 3.05) is 0 Å². The Morgan fingerprint density at radius 3 is 2.53 bits per heavy atom. The summed E-state index contributed by atoms with van der Waals surface area (Å²) in [6.45, 7) is 0. The number of nitrogens with two attached hydrogens (primary N) is 1. The molecular formula is C10H6ClN3O3. The molecular weight excluding hydrogens is 246 g/mol. The lowest BCUT2D eigenvalue weighted by Gasteiger charge is -1.99. The van der Waals surface area contributed by atoms with Gasteiger partial charge in [0.15, 0.2) is 2.82 Å². The van der Waals surface area contributed by atoms with Crippen molar-refractivity contribution >= 4 is 23.1 Å². The number of halogens is 1. The SMILES string of the molecule is [2H]N([2H])/C(Cl)=C(\C#N)C(=O)c1ccc([N+](=O)[O-])cc1. The van der Waals surface area contributed by atoms with Crippen LogP contribution in [0.1, 0.15) is 10.4 Å². The number of allylic oxidation sites excluding steroid dienone is 1. The zero-order valence-electron chi connectivity index (χ0n) is 10.3. The van der Waals surface area contributed by atoms with Crippen LogP contribution in [0.4, 0.5) is 5.69 Å². The van der Waals surface area contributed by atoms with Crippen LogP contribution >= 0.6 is 11.6 Å². The largest absolute Gasteiger partial charge is 0.388 e. The number of non-ortho nitro benzene ring substituents is 1. The second-order valence-electron chi connectivity index (χ2n) is 2.91. The van der Waals surface area contributed by atoms with E-state index in [1.54, 1.807) is 0 Å². The highest BCUT2D eigenvalue weighted by atomic mass is 35.5. The normalized spacial score (nSPS) is 12.7. The van der Waals surface area contributed by atoms with Gasteiger partial charge in [-0.25, -0.2) is 0 Å². The maximum absolute atomic E-state index is 11.9. The lowest BCUT2D eigenvalue weighted by Crippen LogP contribution is -2.07. The van der Waals surface area contributed by atoms with E-state index < -0.39 is 21.4 Å². The Kier molecular flexibility index (Phi) is 2.94. The van der Waals surface area contributed by atoms with Gasteiger partial charge in [-0.2, -0.15) is 5.26 Å². The summed E-state index contributed by atoms with van der Waals surface area (Å²) >= 11 is 5.49. The number of hydrogen-bond acceptors (Lipinski definition) is 5. The maximum atomic E-state index is 11.9. The second-order valence-corrected chi connectivity index (χ2v) is 3.27. The molecule has 0 aliphatic heterocycles. The van der Waals surface area contributed by atoms with Gasteiger partial charge in [-0.15, -0.1) is 0 Å². The molecule has 0 amide bonds. The molecule has 0 radical (unpaired) electrons. The minimum absolute atomic E-state index is 0.00199. The molecule has 86 valence electrons. The predicted molar refractivity (Wildman–Crippen MR) is 60.1 cm³/mol. The van der Waals surface area contributed by atoms with Gasteiger partial charge in [0.05, 0.1) is 4.92 Å². The number of nitrogens with zero attached hydrogens (tertiary/aromatic N) is 2. The van der Waals surface area contributed by atoms with Crippen LogP contribution in [0.3, 0.4) is 0 Å². The Labute approximate surface area is 104 Å². The van der Waals surface area contributed by atoms with Gasteiger partial charge in [-0.05, 0) is 12.1 Å². The molecule has 6 nitrogen and oxygen atoms in total. The molecule has 0 aromatic heterocycles. The maximum Gasteiger partial charge on any atom is 0.269 e. The van der Waals surface area contributed by atoms with E-state index in [9.17, 15) is 14.9 Å². The first-order valence-corrected chi connectivity index (χ1v) is 4.63. The zero-order chi connectivity index (χ0) is 14.6. The first-order valence-electron chi connectivity index (χ1n) is 5.14. The van der Waals surface area contributed by atoms with Crippen LogP contribution in [-0.2, 0) is 0 Å². The van der Waals surface area contributed by atoms with Crippen LogP contribution in [0.25, 0.3) is 0 Å². The number of nitriles is 1. The molecule has 0 unspecified atom stereocenters. The monoisotopic (exact) mass is 253 g/mol. The van der Waals surface area contributed by atoms with E-state index in [4.69, 9.17) is 19.7 Å². The van der Waals surface area contributed by atoms with Crippen molar-refractivity contribution in [1.82, 2.24) is 0 Å². The highest BCUT2D eigenvalue weighted by Gasteiger charge is 2.16. The standard InChI is InChI=1S/C10H6ClN3O3/c11-10(13)8(5-12)9(15)6-1-3-7(4-2-6)14(16)17/h1-4H,13H2/b10-8+/i/hD2. The Bertz CT molecular complexity index is 593. The van der Waals surface area contributed by atoms with Crippen molar-refractivity contribution in [1.29, 1.82) is 5.26 Å². The van der Waals surface area contributed by atoms with Crippen LogP contribution in [0.5, 0.6) is 0 Å². The van der Waals surface area contributed by atoms with Crippen LogP contribution in [0.2, 0.25) is 2.82 Å². The number of carbonyl (C=O) groups is 1. The fourth-order valence-corrected chi connectivity index (χ4v) is 1.20. The summed E-state index contributed by atoms with van der Waals surface area (Å²) in [5.41, 5.74) is -0.848. The molecule has 7 heteroatoms. The fourth-order valence-electron chi connectivity index (χ4n) is 1.07. The number of hydrogen-bond donors (Lipinski definition) is 1. The average molecular weight is 254 g/mol. The molecule has 0 spiro atoms. The summed E-state index contributed by atoms with van der Waals surface area (Å²) in [6, 6.07) is 6.05. The predicted octanol–water partition coefficient (Wildman–Crippen LogP) is 1.71. The average Bonchev–Trinajstić information content (AvgIpc) is 2.39. The van der Waals surface area contributed by atoms with Gasteiger partial charge < -0.3 is 5.72 Å². The quantitative estimate of drug-likeness (QED) is 0.219. The smallest absolute Gasteiger partial charge is 0.269 e. The number of nitro groups is 1. The number of ketones is 1. The summed E-state index contributed by atoms with van der Waals surface area (Å²) in [4.78, 5) is 21.7. The molecule has 0 saturated heterocycles. The number of Topliss-reactive ketones (excluding diaryl/α,β-unsaturated/α-hetero) is 1. The summed E-state index contributed by atoms with van der Waals surface area (Å²) in [5, 5.41) is 18.6. The van der Waals surface area contributed by atoms with E-state index in [1.165, 1.54) is 18.2 Å². The van der Waals surface area contributed by atoms with Gasteiger partial charge in [-0.1, -0.05) is 11.6 Å². The lowest BCUT2D eigenvalue weighted by atomic mass is 10.0. The highest BCUT2D eigenvalue weighted by molar-refractivity contribution is 6.33. The molecule has 0 bridgehead atoms. The first-order chi connectivity index (χ1) is 8.88. The third-order valence-electron chi connectivity index (χ3n) is 1.89. The molecule has 0 fully saturated rings. The van der Waals surface area contributed by atoms with Gasteiger partial charge in [0.1, 0.15) is 16.8 Å². The zero-order valence-corrected chi connectivity index (χ0v) is 9.01. The van der Waals surface area contributed by atoms with E-state index in [1.807, 2.05) is 0 Å². The molecule has 1 aromatic rings. The van der Waals surface area contributed by atoms with Crippen molar-refractivity contribution in [3.8, 4) is 6.07 Å². The van der Waals surface area contributed by atoms with Crippen molar-refractivity contribution in [2.24, 2.45) is 5.72 Å². The van der Waals surface area contributed by atoms with Crippen molar-refractivity contribution in [3.05, 3.63) is 50.7 Å². The van der Waals surface area contributed by atoms with Crippen LogP contribution in [-0.4, -0.2) is 10.7 Å². The van der Waals surface area contributed by atoms with Crippen molar-refractivity contribution < 1.29 is 12.5 Å². The Morgan fingerprint density at radius 1 is 1.53 bits per heavy atom. The summed E-state index contributed by atoms with van der Waals surface area (Å²) in [7, 11) is 0. The molecule has 17 heavy (non-hydrogen) atoms. The molecule has 0 aliphatic carbocycles. The Balaban J connectivity index is 3.17. The molecule has 0 aliphatic rings. The molecule has 0 heterocycles. The van der Waals surface area contributed by atoms with Crippen LogP contribution in [0, 0.1) is 21.4 Å². The third-order valence-corrected chi connectivity index (χ3v) is 2.07. The number of nitro benzene ring substituents is 1. The Hall–Kier alpha value is -2.39. The van der Waals surface area contributed by atoms with Gasteiger partial charge in [0.2, 0.25) is 5.78 Å². The molecule has 0 atom stereocenters. The molecule has 1 aromatic carbocycles. The van der Waals surface area contributed by atoms with E-state index in [2.05, 4.69) is 0 Å². The Morgan fingerprint density at radius 2 is 2.12 bits per heavy atom. The molecule has 1 rings (SSSR count). The lowest BCUT2D eigenvalue weighted by molar-refractivity contribution is -0.384.